The van der Waals surface area contributed by atoms with Gasteiger partial charge in [0.25, 0.3) is 11.8 Å². The average Bonchev–Trinajstić information content (AvgIpc) is 3.12. The first-order valence-corrected chi connectivity index (χ1v) is 8.87. The van der Waals surface area contributed by atoms with Crippen molar-refractivity contribution >= 4 is 28.2 Å². The monoisotopic (exact) mass is 382 g/mol. The third-order valence-electron chi connectivity index (χ3n) is 3.93. The number of thiophene rings is 1. The highest BCUT2D eigenvalue weighted by Crippen LogP contribution is 2.36. The van der Waals surface area contributed by atoms with Gasteiger partial charge < -0.3 is 20.5 Å². The van der Waals surface area contributed by atoms with Crippen molar-refractivity contribution < 1.29 is 19.1 Å². The third-order valence-corrected chi connectivity index (χ3v) is 5.03. The predicted octanol–water partition coefficient (Wildman–Crippen LogP) is 3.78. The zero-order valence-electron chi connectivity index (χ0n) is 14.8. The van der Waals surface area contributed by atoms with Crippen LogP contribution in [-0.2, 0) is 0 Å². The summed E-state index contributed by atoms with van der Waals surface area (Å²) in [6.45, 7) is 0. The molecule has 3 N–H and O–H groups in total. The lowest BCUT2D eigenvalue weighted by molar-refractivity contribution is 0.100. The number of amides is 2. The summed E-state index contributed by atoms with van der Waals surface area (Å²) in [5, 5.41) is 3.15. The number of ether oxygens (including phenoxy) is 2. The average molecular weight is 382 g/mol. The van der Waals surface area contributed by atoms with Crippen molar-refractivity contribution in [3.63, 3.8) is 0 Å². The molecule has 0 fully saturated rings. The number of hydrogen-bond acceptors (Lipinski definition) is 5. The number of methoxy groups -OCH3 is 2. The molecule has 6 nitrogen and oxygen atoms in total. The Balaban J connectivity index is 1.97. The molecular weight excluding hydrogens is 364 g/mol. The number of carbonyl (C=O) groups is 2. The second-order valence-corrected chi connectivity index (χ2v) is 6.66. The number of benzene rings is 2. The van der Waals surface area contributed by atoms with Gasteiger partial charge in [-0.25, -0.2) is 0 Å². The van der Waals surface area contributed by atoms with Crippen LogP contribution in [0, 0.1) is 0 Å². The number of nitrogens with one attached hydrogen (secondary N) is 1. The molecule has 3 rings (SSSR count). The Bertz CT molecular complexity index is 983. The molecule has 0 radical (unpaired) electrons. The van der Waals surface area contributed by atoms with E-state index in [2.05, 4.69) is 5.32 Å². The zero-order valence-corrected chi connectivity index (χ0v) is 15.6. The zero-order chi connectivity index (χ0) is 19.4. The molecule has 0 bridgehead atoms. The minimum Gasteiger partial charge on any atom is -0.497 e. The number of carbonyl (C=O) groups excluding carboxylic acids is 2. The first-order chi connectivity index (χ1) is 13.0. The molecule has 1 aromatic heterocycles. The Morgan fingerprint density at radius 3 is 2.33 bits per heavy atom. The number of rotatable bonds is 6. The molecule has 2 aromatic carbocycles. The van der Waals surface area contributed by atoms with E-state index in [4.69, 9.17) is 15.2 Å². The molecule has 0 atom stereocenters. The van der Waals surface area contributed by atoms with E-state index in [1.54, 1.807) is 24.3 Å². The van der Waals surface area contributed by atoms with Crippen LogP contribution < -0.4 is 20.5 Å². The van der Waals surface area contributed by atoms with E-state index < -0.39 is 11.8 Å². The quantitative estimate of drug-likeness (QED) is 0.679. The van der Waals surface area contributed by atoms with E-state index >= 15 is 0 Å². The van der Waals surface area contributed by atoms with Gasteiger partial charge in [0.2, 0.25) is 0 Å². The van der Waals surface area contributed by atoms with Gasteiger partial charge in [-0.1, -0.05) is 30.3 Å². The summed E-state index contributed by atoms with van der Waals surface area (Å²) < 4.78 is 10.4. The molecule has 138 valence electrons. The topological polar surface area (TPSA) is 90.7 Å². The van der Waals surface area contributed by atoms with Crippen molar-refractivity contribution in [3.8, 4) is 21.9 Å². The van der Waals surface area contributed by atoms with Crippen molar-refractivity contribution in [2.75, 3.05) is 19.5 Å². The van der Waals surface area contributed by atoms with Gasteiger partial charge in [0.1, 0.15) is 16.5 Å². The van der Waals surface area contributed by atoms with E-state index in [-0.39, 0.29) is 5.56 Å². The van der Waals surface area contributed by atoms with Crippen molar-refractivity contribution in [1.29, 1.82) is 0 Å². The van der Waals surface area contributed by atoms with Crippen LogP contribution in [0.1, 0.15) is 20.7 Å². The maximum Gasteiger partial charge on any atom is 0.260 e. The van der Waals surface area contributed by atoms with Crippen LogP contribution in [-0.4, -0.2) is 26.0 Å². The van der Waals surface area contributed by atoms with Crippen LogP contribution in [0.15, 0.2) is 54.6 Å². The number of nitrogens with two attached hydrogens (primary N) is 1. The van der Waals surface area contributed by atoms with Crippen LogP contribution in [0.4, 0.5) is 5.00 Å². The molecule has 0 unspecified atom stereocenters. The largest absolute Gasteiger partial charge is 0.497 e. The predicted molar refractivity (Wildman–Crippen MR) is 106 cm³/mol. The molecule has 0 saturated carbocycles. The Morgan fingerprint density at radius 2 is 1.70 bits per heavy atom. The minimum atomic E-state index is -0.610. The normalized spacial score (nSPS) is 10.3. The fourth-order valence-corrected chi connectivity index (χ4v) is 3.64. The van der Waals surface area contributed by atoms with Crippen LogP contribution in [0.5, 0.6) is 11.5 Å². The van der Waals surface area contributed by atoms with Crippen molar-refractivity contribution in [3.05, 3.63) is 65.7 Å². The van der Waals surface area contributed by atoms with E-state index in [0.717, 1.165) is 10.4 Å². The Morgan fingerprint density at radius 1 is 0.963 bits per heavy atom. The summed E-state index contributed by atoms with van der Waals surface area (Å²) in [5.74, 6) is -0.114. The third kappa shape index (κ3) is 3.93. The number of primary amides is 1. The summed E-state index contributed by atoms with van der Waals surface area (Å²) in [4.78, 5) is 25.5. The van der Waals surface area contributed by atoms with Crippen molar-refractivity contribution in [2.45, 2.75) is 0 Å². The lowest BCUT2D eigenvalue weighted by Crippen LogP contribution is -2.17. The maximum absolute atomic E-state index is 12.8. The second kappa shape index (κ2) is 7.92. The summed E-state index contributed by atoms with van der Waals surface area (Å²) in [5.41, 5.74) is 6.98. The molecule has 0 spiro atoms. The lowest BCUT2D eigenvalue weighted by Gasteiger charge is -2.10. The highest BCUT2D eigenvalue weighted by molar-refractivity contribution is 7.20. The van der Waals surface area contributed by atoms with Gasteiger partial charge in [-0.15, -0.1) is 11.3 Å². The summed E-state index contributed by atoms with van der Waals surface area (Å²) in [6, 6.07) is 16.2. The van der Waals surface area contributed by atoms with Gasteiger partial charge in [0.05, 0.1) is 25.3 Å². The molecule has 3 aromatic rings. The van der Waals surface area contributed by atoms with Crippen LogP contribution in [0.2, 0.25) is 0 Å². The first-order valence-electron chi connectivity index (χ1n) is 8.06. The minimum absolute atomic E-state index is 0.258. The van der Waals surface area contributed by atoms with E-state index in [1.165, 1.54) is 25.6 Å². The van der Waals surface area contributed by atoms with Gasteiger partial charge in [-0.2, -0.15) is 0 Å². The molecule has 0 aliphatic rings. The standard InChI is InChI=1S/C20H18N2O4S/c1-25-13-8-9-16(26-2)14(10-13)19(24)22-20-15(18(21)23)11-17(27-20)12-6-4-3-5-7-12/h3-11H,1-2H3,(H2,21,23)(H,22,24). The Labute approximate surface area is 160 Å². The van der Waals surface area contributed by atoms with Gasteiger partial charge in [0, 0.05) is 4.88 Å². The maximum atomic E-state index is 12.8. The first kappa shape index (κ1) is 18.5. The van der Waals surface area contributed by atoms with Crippen LogP contribution in [0.25, 0.3) is 10.4 Å². The highest BCUT2D eigenvalue weighted by Gasteiger charge is 2.20. The Hall–Kier alpha value is -3.32. The summed E-state index contributed by atoms with van der Waals surface area (Å²) in [6.07, 6.45) is 0. The van der Waals surface area contributed by atoms with Crippen molar-refractivity contribution in [2.24, 2.45) is 5.73 Å². The Kier molecular flexibility index (Phi) is 5.42. The molecular formula is C20H18N2O4S. The second-order valence-electron chi connectivity index (χ2n) is 5.60. The summed E-state index contributed by atoms with van der Waals surface area (Å²) >= 11 is 1.28. The molecule has 0 saturated heterocycles. The van der Waals surface area contributed by atoms with Crippen LogP contribution in [0.3, 0.4) is 0 Å². The summed E-state index contributed by atoms with van der Waals surface area (Å²) in [7, 11) is 2.99. The van der Waals surface area contributed by atoms with E-state index in [9.17, 15) is 9.59 Å². The van der Waals surface area contributed by atoms with Crippen LogP contribution >= 0.6 is 11.3 Å². The van der Waals surface area contributed by atoms with Gasteiger partial charge in [-0.05, 0) is 29.8 Å². The van der Waals surface area contributed by atoms with E-state index in [1.807, 2.05) is 30.3 Å². The smallest absolute Gasteiger partial charge is 0.260 e. The molecule has 0 aliphatic heterocycles. The number of hydrogen-bond donors (Lipinski definition) is 2. The fraction of sp³-hybridized carbons (Fsp3) is 0.100. The van der Waals surface area contributed by atoms with Gasteiger partial charge in [0.15, 0.2) is 0 Å². The number of anilines is 1. The molecule has 27 heavy (non-hydrogen) atoms. The molecule has 2 amide bonds. The lowest BCUT2D eigenvalue weighted by atomic mass is 10.1. The SMILES string of the molecule is COc1ccc(OC)c(C(=O)Nc2sc(-c3ccccc3)cc2C(N)=O)c1. The van der Waals surface area contributed by atoms with E-state index in [0.29, 0.717) is 22.1 Å². The van der Waals surface area contributed by atoms with Crippen molar-refractivity contribution in [1.82, 2.24) is 0 Å². The highest BCUT2D eigenvalue weighted by atomic mass is 32.1. The molecule has 7 heteroatoms. The molecule has 1 heterocycles. The van der Waals surface area contributed by atoms with Gasteiger partial charge in [-0.3, -0.25) is 9.59 Å². The molecule has 0 aliphatic carbocycles. The van der Waals surface area contributed by atoms with Gasteiger partial charge >= 0.3 is 0 Å². The fourth-order valence-electron chi connectivity index (χ4n) is 2.57.